The first-order chi connectivity index (χ1) is 15.5. The zero-order valence-electron chi connectivity index (χ0n) is 17.1. The van der Waals surface area contributed by atoms with Crippen molar-refractivity contribution in [2.75, 3.05) is 18.4 Å². The molecule has 2 aromatic carbocycles. The first-order valence-electron chi connectivity index (χ1n) is 10.1. The van der Waals surface area contributed by atoms with Gasteiger partial charge in [-0.15, -0.1) is 5.10 Å². The van der Waals surface area contributed by atoms with Crippen molar-refractivity contribution >= 4 is 17.6 Å². The van der Waals surface area contributed by atoms with E-state index in [0.717, 1.165) is 30.6 Å². The number of carbonyl (C=O) groups excluding carboxylic acids is 1. The number of benzene rings is 2. The van der Waals surface area contributed by atoms with Crippen molar-refractivity contribution in [3.05, 3.63) is 82.0 Å². The summed E-state index contributed by atoms with van der Waals surface area (Å²) in [6.07, 6.45) is 2.47. The van der Waals surface area contributed by atoms with E-state index in [2.05, 4.69) is 25.7 Å². The van der Waals surface area contributed by atoms with Crippen LogP contribution in [0.1, 0.15) is 22.3 Å². The van der Waals surface area contributed by atoms with Gasteiger partial charge in [0.05, 0.1) is 5.56 Å². The number of fused-ring (bicyclic) bond motifs is 1. The molecule has 0 unspecified atom stereocenters. The summed E-state index contributed by atoms with van der Waals surface area (Å²) in [5.74, 6) is -0.715. The Bertz CT molecular complexity index is 1280. The number of rotatable bonds is 8. The van der Waals surface area contributed by atoms with Gasteiger partial charge in [0.25, 0.3) is 17.4 Å². The van der Waals surface area contributed by atoms with E-state index >= 15 is 0 Å². The summed E-state index contributed by atoms with van der Waals surface area (Å²) in [6, 6.07) is 12.7. The van der Waals surface area contributed by atoms with Gasteiger partial charge in [-0.2, -0.15) is 4.98 Å². The Kier molecular flexibility index (Phi) is 6.34. The van der Waals surface area contributed by atoms with E-state index in [-0.39, 0.29) is 22.8 Å². The number of hydrogen-bond donors (Lipinski definition) is 4. The molecule has 0 atom stereocenters. The summed E-state index contributed by atoms with van der Waals surface area (Å²) in [5, 5.41) is 10.1. The van der Waals surface area contributed by atoms with Gasteiger partial charge in [0.2, 0.25) is 5.78 Å². The minimum atomic E-state index is -0.487. The number of anilines is 1. The third kappa shape index (κ3) is 4.88. The average molecular weight is 435 g/mol. The van der Waals surface area contributed by atoms with E-state index in [0.29, 0.717) is 12.1 Å². The smallest absolute Gasteiger partial charge is 0.260 e. The lowest BCUT2D eigenvalue weighted by molar-refractivity contribution is 0.102. The summed E-state index contributed by atoms with van der Waals surface area (Å²) < 4.78 is 14.4. The molecule has 0 spiro atoms. The van der Waals surface area contributed by atoms with Crippen LogP contribution in [0.15, 0.2) is 59.5 Å². The van der Waals surface area contributed by atoms with Gasteiger partial charge in [-0.25, -0.2) is 8.91 Å². The summed E-state index contributed by atoms with van der Waals surface area (Å²) in [7, 11) is 0. The van der Waals surface area contributed by atoms with Gasteiger partial charge < -0.3 is 11.1 Å². The third-order valence-corrected chi connectivity index (χ3v) is 4.84. The van der Waals surface area contributed by atoms with Crippen molar-refractivity contribution in [2.24, 2.45) is 5.73 Å². The van der Waals surface area contributed by atoms with Crippen LogP contribution in [0.25, 0.3) is 16.9 Å². The van der Waals surface area contributed by atoms with Crippen LogP contribution in [-0.2, 0) is 6.54 Å². The minimum absolute atomic E-state index is 0.0195. The van der Waals surface area contributed by atoms with Crippen LogP contribution < -0.4 is 21.9 Å². The highest BCUT2D eigenvalue weighted by atomic mass is 19.1. The fourth-order valence-electron chi connectivity index (χ4n) is 3.14. The molecule has 4 rings (SSSR count). The highest BCUT2D eigenvalue weighted by molar-refractivity contribution is 6.03. The van der Waals surface area contributed by atoms with E-state index in [1.165, 1.54) is 28.8 Å². The molecular weight excluding hydrogens is 413 g/mol. The van der Waals surface area contributed by atoms with Gasteiger partial charge in [0, 0.05) is 18.3 Å². The number of nitrogens with two attached hydrogens (primary N) is 1. The number of nitrogens with zero attached hydrogens (tertiary/aromatic N) is 3. The standard InChI is InChI=1S/C22H22FN7O2/c23-17-8-6-16(7-9-17)19(31)26-21-28-22-27-20(32)18(13-30(22)29-21)15-4-2-14(3-5-15)12-25-11-1-10-24/h2-9,13,25H,1,10-12,24H2,(H2,26,27,28,29,31,32). The first-order valence-corrected chi connectivity index (χ1v) is 10.1. The molecule has 9 nitrogen and oxygen atoms in total. The quantitative estimate of drug-likeness (QED) is 0.313. The van der Waals surface area contributed by atoms with E-state index in [9.17, 15) is 14.0 Å². The highest BCUT2D eigenvalue weighted by Crippen LogP contribution is 2.17. The lowest BCUT2D eigenvalue weighted by atomic mass is 10.1. The predicted octanol–water partition coefficient (Wildman–Crippen LogP) is 1.91. The molecule has 1 amide bonds. The summed E-state index contributed by atoms with van der Waals surface area (Å²) in [6.45, 7) is 2.22. The number of carbonyl (C=O) groups is 1. The lowest BCUT2D eigenvalue weighted by Gasteiger charge is -2.06. The normalized spacial score (nSPS) is 11.1. The molecule has 0 saturated carbocycles. The van der Waals surface area contributed by atoms with Crippen LogP contribution in [0.5, 0.6) is 0 Å². The Hall–Kier alpha value is -3.89. The largest absolute Gasteiger partial charge is 0.330 e. The van der Waals surface area contributed by atoms with E-state index in [4.69, 9.17) is 5.73 Å². The minimum Gasteiger partial charge on any atom is -0.330 e. The number of amides is 1. The molecule has 2 heterocycles. The van der Waals surface area contributed by atoms with Crippen molar-refractivity contribution in [3.63, 3.8) is 0 Å². The molecule has 10 heteroatoms. The number of aromatic amines is 1. The van der Waals surface area contributed by atoms with E-state index in [1.54, 1.807) is 6.20 Å². The monoisotopic (exact) mass is 435 g/mol. The van der Waals surface area contributed by atoms with Crippen molar-refractivity contribution in [2.45, 2.75) is 13.0 Å². The predicted molar refractivity (Wildman–Crippen MR) is 119 cm³/mol. The first kappa shape index (κ1) is 21.3. The van der Waals surface area contributed by atoms with Crippen molar-refractivity contribution in [1.82, 2.24) is 24.9 Å². The Morgan fingerprint density at radius 2 is 1.88 bits per heavy atom. The molecule has 5 N–H and O–H groups in total. The summed E-state index contributed by atoms with van der Waals surface area (Å²) in [5.41, 5.74) is 7.66. The van der Waals surface area contributed by atoms with E-state index < -0.39 is 11.7 Å². The average Bonchev–Trinajstić information content (AvgIpc) is 3.18. The molecule has 0 aliphatic heterocycles. The second-order valence-corrected chi connectivity index (χ2v) is 7.18. The second kappa shape index (κ2) is 9.50. The fourth-order valence-corrected chi connectivity index (χ4v) is 3.14. The van der Waals surface area contributed by atoms with Gasteiger partial charge in [-0.05, 0) is 54.9 Å². The maximum absolute atomic E-state index is 13.0. The van der Waals surface area contributed by atoms with Gasteiger partial charge >= 0.3 is 0 Å². The molecule has 0 aliphatic carbocycles. The molecule has 0 aliphatic rings. The number of H-pyrrole nitrogens is 1. The number of aromatic nitrogens is 4. The molecule has 0 bridgehead atoms. The summed E-state index contributed by atoms with van der Waals surface area (Å²) >= 11 is 0. The maximum atomic E-state index is 13.0. The SMILES string of the molecule is NCCCNCc1ccc(-c2cn3nc(NC(=O)c4ccc(F)cc4)nc3[nH]c2=O)cc1. The molecule has 0 fully saturated rings. The summed E-state index contributed by atoms with van der Waals surface area (Å²) in [4.78, 5) is 31.7. The van der Waals surface area contributed by atoms with Crippen LogP contribution in [-0.4, -0.2) is 38.6 Å². The third-order valence-electron chi connectivity index (χ3n) is 4.84. The molecule has 4 aromatic rings. The molecule has 32 heavy (non-hydrogen) atoms. The Morgan fingerprint density at radius 1 is 1.12 bits per heavy atom. The molecule has 0 saturated heterocycles. The Balaban J connectivity index is 1.51. The van der Waals surface area contributed by atoms with E-state index in [1.807, 2.05) is 24.3 Å². The zero-order chi connectivity index (χ0) is 22.5. The van der Waals surface area contributed by atoms with Gasteiger partial charge in [-0.1, -0.05) is 24.3 Å². The van der Waals surface area contributed by atoms with Gasteiger partial charge in [0.1, 0.15) is 5.82 Å². The number of halogens is 1. The number of nitrogens with one attached hydrogen (secondary N) is 3. The van der Waals surface area contributed by atoms with Crippen molar-refractivity contribution in [1.29, 1.82) is 0 Å². The number of hydrogen-bond acceptors (Lipinski definition) is 6. The topological polar surface area (TPSA) is 130 Å². The maximum Gasteiger partial charge on any atom is 0.260 e. The van der Waals surface area contributed by atoms with Crippen LogP contribution in [0.4, 0.5) is 10.3 Å². The van der Waals surface area contributed by atoms with Crippen LogP contribution in [0.3, 0.4) is 0 Å². The molecule has 0 radical (unpaired) electrons. The molecular formula is C22H22FN7O2. The fraction of sp³-hybridized carbons (Fsp3) is 0.182. The van der Waals surface area contributed by atoms with Crippen LogP contribution in [0.2, 0.25) is 0 Å². The molecule has 2 aromatic heterocycles. The van der Waals surface area contributed by atoms with Crippen molar-refractivity contribution < 1.29 is 9.18 Å². The molecule has 164 valence electrons. The van der Waals surface area contributed by atoms with Crippen LogP contribution >= 0.6 is 0 Å². The van der Waals surface area contributed by atoms with Crippen LogP contribution in [0, 0.1) is 5.82 Å². The van der Waals surface area contributed by atoms with Crippen molar-refractivity contribution in [3.8, 4) is 11.1 Å². The Morgan fingerprint density at radius 3 is 2.59 bits per heavy atom. The van der Waals surface area contributed by atoms with Gasteiger partial charge in [0.15, 0.2) is 0 Å². The lowest BCUT2D eigenvalue weighted by Crippen LogP contribution is -2.17. The zero-order valence-corrected chi connectivity index (χ0v) is 17.1. The highest BCUT2D eigenvalue weighted by Gasteiger charge is 2.13. The Labute approximate surface area is 182 Å². The van der Waals surface area contributed by atoms with Gasteiger partial charge in [-0.3, -0.25) is 19.9 Å². The second-order valence-electron chi connectivity index (χ2n) is 7.18.